The first-order valence-corrected chi connectivity index (χ1v) is 7.48. The molecule has 0 saturated carbocycles. The van der Waals surface area contributed by atoms with Crippen LogP contribution in [0.5, 0.6) is 0 Å². The highest BCUT2D eigenvalue weighted by molar-refractivity contribution is 7.85. The van der Waals surface area contributed by atoms with Crippen LogP contribution < -0.4 is 0 Å². The molecular formula is C12H24O3S. The van der Waals surface area contributed by atoms with Gasteiger partial charge >= 0.3 is 0 Å². The van der Waals surface area contributed by atoms with Gasteiger partial charge in [-0.15, -0.1) is 0 Å². The van der Waals surface area contributed by atoms with Crippen molar-refractivity contribution in [1.29, 1.82) is 0 Å². The largest absolute Gasteiger partial charge is 0.286 e. The second-order valence-electron chi connectivity index (χ2n) is 4.99. The van der Waals surface area contributed by atoms with Gasteiger partial charge in [-0.1, -0.05) is 39.3 Å². The number of rotatable bonds is 8. The van der Waals surface area contributed by atoms with E-state index in [0.717, 1.165) is 25.7 Å². The Morgan fingerprint density at radius 1 is 1.19 bits per heavy atom. The Balaban J connectivity index is 3.78. The summed E-state index contributed by atoms with van der Waals surface area (Å²) < 4.78 is 29.6. The van der Waals surface area contributed by atoms with Gasteiger partial charge in [-0.05, 0) is 31.1 Å². The summed E-state index contributed by atoms with van der Waals surface area (Å²) in [6, 6.07) is 0. The van der Waals surface area contributed by atoms with Gasteiger partial charge in [0.15, 0.2) is 0 Å². The minimum absolute atomic E-state index is 0.117. The summed E-state index contributed by atoms with van der Waals surface area (Å²) in [5.74, 6) is -0.117. The molecule has 0 aromatic rings. The molecule has 0 saturated heterocycles. The van der Waals surface area contributed by atoms with E-state index in [1.165, 1.54) is 0 Å². The quantitative estimate of drug-likeness (QED) is 0.407. The van der Waals surface area contributed by atoms with Crippen LogP contribution in [-0.2, 0) is 10.1 Å². The first-order valence-electron chi connectivity index (χ1n) is 5.87. The molecule has 0 aliphatic rings. The Bertz CT molecular complexity index is 302. The van der Waals surface area contributed by atoms with Crippen LogP contribution in [0.1, 0.15) is 52.9 Å². The van der Waals surface area contributed by atoms with Gasteiger partial charge in [0.2, 0.25) is 0 Å². The molecule has 0 aromatic carbocycles. The van der Waals surface area contributed by atoms with Crippen molar-refractivity contribution in [2.24, 2.45) is 5.41 Å². The van der Waals surface area contributed by atoms with Crippen molar-refractivity contribution in [2.45, 2.75) is 52.9 Å². The summed E-state index contributed by atoms with van der Waals surface area (Å²) in [4.78, 5) is 0. The average molecular weight is 248 g/mol. The lowest BCUT2D eigenvalue weighted by Gasteiger charge is -2.22. The molecule has 0 aromatic heterocycles. The van der Waals surface area contributed by atoms with Crippen molar-refractivity contribution >= 4 is 10.1 Å². The first kappa shape index (κ1) is 15.7. The van der Waals surface area contributed by atoms with Crippen LogP contribution in [0.3, 0.4) is 0 Å². The predicted molar refractivity (Wildman–Crippen MR) is 68.1 cm³/mol. The molecule has 96 valence electrons. The third-order valence-electron chi connectivity index (χ3n) is 2.58. The zero-order chi connectivity index (χ0) is 12.7. The molecule has 0 spiro atoms. The van der Waals surface area contributed by atoms with Crippen molar-refractivity contribution in [3.8, 4) is 0 Å². The van der Waals surface area contributed by atoms with Gasteiger partial charge in [-0.25, -0.2) is 0 Å². The van der Waals surface area contributed by atoms with Crippen LogP contribution in [0, 0.1) is 5.41 Å². The zero-order valence-electron chi connectivity index (χ0n) is 10.6. The molecule has 0 fully saturated rings. The molecule has 3 nitrogen and oxygen atoms in total. The molecule has 0 heterocycles. The van der Waals surface area contributed by atoms with Crippen molar-refractivity contribution < 1.29 is 13.0 Å². The predicted octanol–water partition coefficient (Wildman–Crippen LogP) is 3.43. The Morgan fingerprint density at radius 3 is 2.31 bits per heavy atom. The lowest BCUT2D eigenvalue weighted by atomic mass is 9.84. The molecule has 0 radical (unpaired) electrons. The van der Waals surface area contributed by atoms with Gasteiger partial charge in [-0.2, -0.15) is 8.42 Å². The fourth-order valence-electron chi connectivity index (χ4n) is 1.56. The summed E-state index contributed by atoms with van der Waals surface area (Å²) in [5.41, 5.74) is 0.213. The Kier molecular flexibility index (Phi) is 6.91. The first-order chi connectivity index (χ1) is 7.27. The molecular weight excluding hydrogens is 224 g/mol. The number of unbranched alkanes of at least 4 members (excludes halogenated alkanes) is 1. The van der Waals surface area contributed by atoms with E-state index in [2.05, 4.69) is 32.9 Å². The van der Waals surface area contributed by atoms with Crippen molar-refractivity contribution in [2.75, 3.05) is 5.75 Å². The van der Waals surface area contributed by atoms with E-state index >= 15 is 0 Å². The second-order valence-corrected chi connectivity index (χ2v) is 6.56. The fraction of sp³-hybridized carbons (Fsp3) is 0.833. The highest BCUT2D eigenvalue weighted by Crippen LogP contribution is 2.27. The van der Waals surface area contributed by atoms with Crippen LogP contribution in [0.15, 0.2) is 12.2 Å². The summed E-state index contributed by atoms with van der Waals surface area (Å²) in [7, 11) is -3.78. The van der Waals surface area contributed by atoms with Crippen molar-refractivity contribution in [3.63, 3.8) is 0 Å². The van der Waals surface area contributed by atoms with Crippen LogP contribution in [0.25, 0.3) is 0 Å². The normalized spacial score (nSPS) is 13.5. The topological polar surface area (TPSA) is 54.4 Å². The highest BCUT2D eigenvalue weighted by Gasteiger charge is 2.15. The third-order valence-corrected chi connectivity index (χ3v) is 3.38. The fourth-order valence-corrected chi connectivity index (χ4v) is 2.13. The second kappa shape index (κ2) is 7.07. The zero-order valence-corrected chi connectivity index (χ0v) is 11.4. The summed E-state index contributed by atoms with van der Waals surface area (Å²) in [6.07, 6.45) is 8.78. The van der Waals surface area contributed by atoms with E-state index in [9.17, 15) is 8.42 Å². The molecule has 1 N–H and O–H groups in total. The molecule has 0 aliphatic heterocycles. The van der Waals surface area contributed by atoms with Gasteiger partial charge < -0.3 is 0 Å². The lowest BCUT2D eigenvalue weighted by molar-refractivity contribution is 0.327. The van der Waals surface area contributed by atoms with Crippen molar-refractivity contribution in [3.05, 3.63) is 12.2 Å². The summed E-state index contributed by atoms with van der Waals surface area (Å²) >= 11 is 0. The molecule has 0 aliphatic carbocycles. The van der Waals surface area contributed by atoms with Crippen LogP contribution in [0.2, 0.25) is 0 Å². The molecule has 0 bridgehead atoms. The van der Waals surface area contributed by atoms with Crippen molar-refractivity contribution in [1.82, 2.24) is 0 Å². The maximum Gasteiger partial charge on any atom is 0.264 e. The molecule has 4 heteroatoms. The minimum Gasteiger partial charge on any atom is -0.286 e. The molecule has 0 unspecified atom stereocenters. The average Bonchev–Trinajstić information content (AvgIpc) is 2.11. The molecule has 0 amide bonds. The van der Waals surface area contributed by atoms with Crippen LogP contribution >= 0.6 is 0 Å². The van der Waals surface area contributed by atoms with Gasteiger partial charge in [0.25, 0.3) is 10.1 Å². The summed E-state index contributed by atoms with van der Waals surface area (Å²) in [5, 5.41) is 0. The standard InChI is InChI=1S/C12H24O3S/c1-4-5-6-9-12(2,3)10-7-8-11-16(13,14)15/h5-6H,4,7-11H2,1-3H3,(H,13,14,15). The van der Waals surface area contributed by atoms with Gasteiger partial charge in [0.1, 0.15) is 0 Å². The third kappa shape index (κ3) is 10.2. The van der Waals surface area contributed by atoms with E-state index < -0.39 is 10.1 Å². The Labute approximate surface area is 99.7 Å². The van der Waals surface area contributed by atoms with E-state index in [1.807, 2.05) is 0 Å². The summed E-state index contributed by atoms with van der Waals surface area (Å²) in [6.45, 7) is 6.47. The van der Waals surface area contributed by atoms with E-state index in [4.69, 9.17) is 4.55 Å². The van der Waals surface area contributed by atoms with Gasteiger partial charge in [0, 0.05) is 0 Å². The monoisotopic (exact) mass is 248 g/mol. The van der Waals surface area contributed by atoms with E-state index in [-0.39, 0.29) is 11.2 Å². The lowest BCUT2D eigenvalue weighted by Crippen LogP contribution is -2.11. The van der Waals surface area contributed by atoms with Crippen LogP contribution in [-0.4, -0.2) is 18.7 Å². The number of allylic oxidation sites excluding steroid dienone is 2. The van der Waals surface area contributed by atoms with E-state index in [1.54, 1.807) is 0 Å². The maximum atomic E-state index is 10.5. The molecule has 16 heavy (non-hydrogen) atoms. The van der Waals surface area contributed by atoms with Gasteiger partial charge in [0.05, 0.1) is 5.75 Å². The molecule has 0 rings (SSSR count). The SMILES string of the molecule is CCC=CCC(C)(C)CCCCS(=O)(=O)O. The van der Waals surface area contributed by atoms with Gasteiger partial charge in [-0.3, -0.25) is 4.55 Å². The smallest absolute Gasteiger partial charge is 0.264 e. The highest BCUT2D eigenvalue weighted by atomic mass is 32.2. The van der Waals surface area contributed by atoms with Crippen LogP contribution in [0.4, 0.5) is 0 Å². The minimum atomic E-state index is -3.78. The molecule has 0 atom stereocenters. The van der Waals surface area contributed by atoms with E-state index in [0.29, 0.717) is 6.42 Å². The number of hydrogen-bond donors (Lipinski definition) is 1. The Hall–Kier alpha value is -0.350. The maximum absolute atomic E-state index is 10.5. The Morgan fingerprint density at radius 2 is 1.81 bits per heavy atom. The number of hydrogen-bond acceptors (Lipinski definition) is 2.